The lowest BCUT2D eigenvalue weighted by atomic mass is 9.95. The van der Waals surface area contributed by atoms with Gasteiger partial charge in [-0.25, -0.2) is 4.79 Å². The molecule has 0 unspecified atom stereocenters. The molecule has 0 N–H and O–H groups in total. The summed E-state index contributed by atoms with van der Waals surface area (Å²) in [5.74, 6) is 2.75. The van der Waals surface area contributed by atoms with E-state index >= 15 is 0 Å². The first-order chi connectivity index (χ1) is 14.0. The molecule has 0 heterocycles. The second kappa shape index (κ2) is 13.6. The van der Waals surface area contributed by atoms with Crippen molar-refractivity contribution in [2.45, 2.75) is 44.8 Å². The Balaban J connectivity index is 3.05. The first-order valence-electron chi connectivity index (χ1n) is 9.64. The van der Waals surface area contributed by atoms with Crippen molar-refractivity contribution in [2.75, 3.05) is 21.0 Å². The largest absolute Gasteiger partial charge is 0.496 e. The minimum Gasteiger partial charge on any atom is -0.496 e. The van der Waals surface area contributed by atoms with Gasteiger partial charge in [-0.2, -0.15) is 0 Å². The van der Waals surface area contributed by atoms with Crippen molar-refractivity contribution in [3.63, 3.8) is 0 Å². The Morgan fingerprint density at radius 1 is 1.28 bits per heavy atom. The number of allylic oxidation sites excluding steroid dienone is 2. The van der Waals surface area contributed by atoms with E-state index in [0.717, 1.165) is 12.0 Å². The zero-order chi connectivity index (χ0) is 21.6. The van der Waals surface area contributed by atoms with Gasteiger partial charge in [0.25, 0.3) is 0 Å². The van der Waals surface area contributed by atoms with E-state index in [0.29, 0.717) is 24.2 Å². The first kappa shape index (κ1) is 24.5. The van der Waals surface area contributed by atoms with Gasteiger partial charge in [0, 0.05) is 20.0 Å². The molecule has 0 saturated heterocycles. The topological polar surface area (TPSA) is 54.0 Å². The normalized spacial score (nSPS) is 13.6. The minimum atomic E-state index is -0.497. The van der Waals surface area contributed by atoms with E-state index in [1.54, 1.807) is 19.3 Å². The van der Waals surface area contributed by atoms with Gasteiger partial charge in [0.2, 0.25) is 0 Å². The van der Waals surface area contributed by atoms with Crippen molar-refractivity contribution in [3.8, 4) is 18.1 Å². The average molecular weight is 401 g/mol. The van der Waals surface area contributed by atoms with Crippen LogP contribution in [0.3, 0.4) is 0 Å². The van der Waals surface area contributed by atoms with E-state index in [1.807, 2.05) is 18.2 Å². The van der Waals surface area contributed by atoms with Crippen LogP contribution in [0.15, 0.2) is 43.5 Å². The second-order valence-electron chi connectivity index (χ2n) is 6.77. The Labute approximate surface area is 174 Å². The molecule has 0 fully saturated rings. The van der Waals surface area contributed by atoms with Crippen molar-refractivity contribution < 1.29 is 23.7 Å². The van der Waals surface area contributed by atoms with Crippen molar-refractivity contribution in [2.24, 2.45) is 5.92 Å². The highest BCUT2D eigenvalue weighted by Crippen LogP contribution is 2.26. The van der Waals surface area contributed by atoms with Crippen LogP contribution in [-0.4, -0.2) is 39.2 Å². The Kier molecular flexibility index (Phi) is 11.5. The van der Waals surface area contributed by atoms with Gasteiger partial charge in [0.1, 0.15) is 24.2 Å². The molecule has 29 heavy (non-hydrogen) atoms. The predicted molar refractivity (Wildman–Crippen MR) is 115 cm³/mol. The van der Waals surface area contributed by atoms with Crippen molar-refractivity contribution in [1.29, 1.82) is 0 Å². The SMILES string of the molecule is C#CC[C@@H](C[C@@H](OCOC)[C@@H](C)CC=C)OC(=O)c1c(CC=C)cccc1OC. The Hall–Kier alpha value is -2.55. The molecule has 1 aromatic rings. The minimum absolute atomic E-state index is 0.152. The number of carbonyl (C=O) groups excluding carboxylic acids is 1. The van der Waals surface area contributed by atoms with Crippen molar-refractivity contribution in [1.82, 2.24) is 0 Å². The molecule has 158 valence electrons. The lowest BCUT2D eigenvalue weighted by molar-refractivity contribution is -0.102. The van der Waals surface area contributed by atoms with E-state index in [2.05, 4.69) is 26.0 Å². The Morgan fingerprint density at radius 3 is 2.62 bits per heavy atom. The number of rotatable bonds is 14. The van der Waals surface area contributed by atoms with Gasteiger partial charge in [-0.15, -0.1) is 25.5 Å². The molecule has 5 nitrogen and oxygen atoms in total. The lowest BCUT2D eigenvalue weighted by Crippen LogP contribution is -2.30. The molecule has 1 rings (SSSR count). The summed E-state index contributed by atoms with van der Waals surface area (Å²) in [6.45, 7) is 9.74. The molecule has 0 aliphatic rings. The maximum Gasteiger partial charge on any atom is 0.342 e. The van der Waals surface area contributed by atoms with Crippen LogP contribution >= 0.6 is 0 Å². The van der Waals surface area contributed by atoms with E-state index in [4.69, 9.17) is 25.4 Å². The van der Waals surface area contributed by atoms with Gasteiger partial charge in [0.15, 0.2) is 0 Å². The number of terminal acetylenes is 1. The number of ether oxygens (including phenoxy) is 4. The van der Waals surface area contributed by atoms with Gasteiger partial charge >= 0.3 is 5.97 Å². The monoisotopic (exact) mass is 400 g/mol. The summed E-state index contributed by atoms with van der Waals surface area (Å²) in [5, 5.41) is 0. The lowest BCUT2D eigenvalue weighted by Gasteiger charge is -2.27. The van der Waals surface area contributed by atoms with Gasteiger partial charge in [0.05, 0.1) is 13.2 Å². The summed E-state index contributed by atoms with van der Waals surface area (Å²) in [7, 11) is 3.09. The molecule has 0 amide bonds. The number of hydrogen-bond acceptors (Lipinski definition) is 5. The molecule has 0 saturated carbocycles. The van der Waals surface area contributed by atoms with Gasteiger partial charge in [-0.3, -0.25) is 0 Å². The van der Waals surface area contributed by atoms with Gasteiger partial charge in [-0.1, -0.05) is 31.2 Å². The van der Waals surface area contributed by atoms with Crippen LogP contribution < -0.4 is 4.74 Å². The van der Waals surface area contributed by atoms with Crippen LogP contribution in [0.4, 0.5) is 0 Å². The summed E-state index contributed by atoms with van der Waals surface area (Å²) in [5.41, 5.74) is 1.18. The van der Waals surface area contributed by atoms with Gasteiger partial charge in [-0.05, 0) is 30.4 Å². The average Bonchev–Trinajstić information content (AvgIpc) is 2.71. The number of methoxy groups -OCH3 is 2. The maximum atomic E-state index is 13.0. The molecular formula is C24H32O5. The maximum absolute atomic E-state index is 13.0. The third-order valence-corrected chi connectivity index (χ3v) is 4.59. The molecule has 5 heteroatoms. The smallest absolute Gasteiger partial charge is 0.342 e. The molecule has 1 aromatic carbocycles. The van der Waals surface area contributed by atoms with Crippen LogP contribution in [-0.2, 0) is 20.6 Å². The molecule has 0 radical (unpaired) electrons. The zero-order valence-corrected chi connectivity index (χ0v) is 17.7. The van der Waals surface area contributed by atoms with Gasteiger partial charge < -0.3 is 18.9 Å². The first-order valence-corrected chi connectivity index (χ1v) is 9.64. The summed E-state index contributed by atoms with van der Waals surface area (Å²) >= 11 is 0. The van der Waals surface area contributed by atoms with Crippen LogP contribution in [0.25, 0.3) is 0 Å². The number of carbonyl (C=O) groups is 1. The highest BCUT2D eigenvalue weighted by molar-refractivity contribution is 5.94. The van der Waals surface area contributed by atoms with E-state index in [-0.39, 0.29) is 25.2 Å². The van der Waals surface area contributed by atoms with Crippen LogP contribution in [0, 0.1) is 18.3 Å². The van der Waals surface area contributed by atoms with Crippen LogP contribution in [0.2, 0.25) is 0 Å². The number of esters is 1. The second-order valence-corrected chi connectivity index (χ2v) is 6.77. The third kappa shape index (κ3) is 7.77. The fourth-order valence-corrected chi connectivity index (χ4v) is 3.11. The van der Waals surface area contributed by atoms with Crippen LogP contribution in [0.1, 0.15) is 42.1 Å². The van der Waals surface area contributed by atoms with Crippen molar-refractivity contribution in [3.05, 3.63) is 54.6 Å². The predicted octanol–water partition coefficient (Wildman–Crippen LogP) is 4.56. The third-order valence-electron chi connectivity index (χ3n) is 4.59. The van der Waals surface area contributed by atoms with E-state index in [9.17, 15) is 4.79 Å². The fraction of sp³-hybridized carbons (Fsp3) is 0.458. The fourth-order valence-electron chi connectivity index (χ4n) is 3.11. The molecule has 0 aromatic heterocycles. The van der Waals surface area contributed by atoms with Crippen molar-refractivity contribution >= 4 is 5.97 Å². The summed E-state index contributed by atoms with van der Waals surface area (Å²) in [6.07, 6.45) is 10.4. The van der Waals surface area contributed by atoms with Crippen LogP contribution in [0.5, 0.6) is 5.75 Å². The number of benzene rings is 1. The van der Waals surface area contributed by atoms with E-state index in [1.165, 1.54) is 7.11 Å². The molecular weight excluding hydrogens is 368 g/mol. The highest BCUT2D eigenvalue weighted by Gasteiger charge is 2.26. The standard InChI is InChI=1S/C24H32O5/c1-7-11-18(4)22(28-17-26-5)16-20(13-9-3)29-24(25)23-19(12-8-2)14-10-15-21(23)27-6/h3,7-8,10,14-15,18,20,22H,1-2,11-13,16-17H2,4-6H3/t18-,20-,22+/m0/s1. The molecule has 0 aliphatic heterocycles. The highest BCUT2D eigenvalue weighted by atomic mass is 16.7. The summed E-state index contributed by atoms with van der Waals surface area (Å²) in [6, 6.07) is 5.42. The molecule has 3 atom stereocenters. The Bertz CT molecular complexity index is 704. The Morgan fingerprint density at radius 2 is 2.03 bits per heavy atom. The van der Waals surface area contributed by atoms with E-state index < -0.39 is 12.1 Å². The summed E-state index contributed by atoms with van der Waals surface area (Å²) < 4.78 is 22.0. The molecule has 0 spiro atoms. The molecule has 0 bridgehead atoms. The zero-order valence-electron chi connectivity index (χ0n) is 17.7. The summed E-state index contributed by atoms with van der Waals surface area (Å²) in [4.78, 5) is 13.0. The molecule has 0 aliphatic carbocycles. The quantitative estimate of drug-likeness (QED) is 0.198. The number of hydrogen-bond donors (Lipinski definition) is 0.